The first kappa shape index (κ1) is 22.8. The first-order valence-electron chi connectivity index (χ1n) is 11.1. The molecule has 7 nitrogen and oxygen atoms in total. The molecular formula is C24H27F2N5O2. The van der Waals surface area contributed by atoms with Crippen molar-refractivity contribution in [3.63, 3.8) is 0 Å². The van der Waals surface area contributed by atoms with Gasteiger partial charge >= 0.3 is 6.03 Å². The number of benzene rings is 1. The van der Waals surface area contributed by atoms with Crippen molar-refractivity contribution in [2.75, 3.05) is 26.2 Å². The second-order valence-electron chi connectivity index (χ2n) is 8.30. The molecule has 0 aliphatic carbocycles. The third-order valence-corrected chi connectivity index (χ3v) is 6.11. The number of urea groups is 1. The van der Waals surface area contributed by atoms with E-state index in [-0.39, 0.29) is 11.5 Å². The van der Waals surface area contributed by atoms with E-state index in [1.807, 2.05) is 18.3 Å². The number of halogens is 2. The van der Waals surface area contributed by atoms with E-state index in [9.17, 15) is 18.4 Å². The smallest absolute Gasteiger partial charge is 0.319 e. The maximum Gasteiger partial charge on any atom is 0.319 e. The van der Waals surface area contributed by atoms with Crippen LogP contribution in [0.4, 0.5) is 13.6 Å². The quantitative estimate of drug-likeness (QED) is 0.561. The van der Waals surface area contributed by atoms with Gasteiger partial charge in [0.1, 0.15) is 0 Å². The molecule has 1 atom stereocenters. The molecule has 0 unspecified atom stereocenters. The van der Waals surface area contributed by atoms with Crippen LogP contribution in [0.25, 0.3) is 0 Å². The lowest BCUT2D eigenvalue weighted by Gasteiger charge is -2.31. The SMILES string of the molecule is O=C1NC=C(C(=O)NCCCN2CCC(c3ccccn3)CC2)[C@@H](c2ccc(F)c(F)c2)N1. The molecule has 0 bridgehead atoms. The molecule has 1 aromatic heterocycles. The number of hydrogen-bond donors (Lipinski definition) is 3. The highest BCUT2D eigenvalue weighted by molar-refractivity contribution is 5.97. The zero-order valence-electron chi connectivity index (χ0n) is 18.2. The van der Waals surface area contributed by atoms with E-state index in [0.717, 1.165) is 56.7 Å². The first-order valence-corrected chi connectivity index (χ1v) is 11.1. The minimum Gasteiger partial charge on any atom is -0.352 e. The van der Waals surface area contributed by atoms with Crippen molar-refractivity contribution in [2.24, 2.45) is 0 Å². The summed E-state index contributed by atoms with van der Waals surface area (Å²) in [6, 6.07) is 7.98. The first-order chi connectivity index (χ1) is 16.0. The number of rotatable bonds is 7. The molecule has 3 heterocycles. The van der Waals surface area contributed by atoms with Crippen LogP contribution in [-0.4, -0.2) is 48.0 Å². The largest absolute Gasteiger partial charge is 0.352 e. The van der Waals surface area contributed by atoms with Crippen LogP contribution >= 0.6 is 0 Å². The number of hydrogen-bond acceptors (Lipinski definition) is 4. The van der Waals surface area contributed by atoms with Crippen LogP contribution in [0.3, 0.4) is 0 Å². The third kappa shape index (κ3) is 5.73. The van der Waals surface area contributed by atoms with Crippen LogP contribution in [-0.2, 0) is 4.79 Å². The molecule has 9 heteroatoms. The number of piperidine rings is 1. The van der Waals surface area contributed by atoms with Crippen LogP contribution < -0.4 is 16.0 Å². The molecule has 3 N–H and O–H groups in total. The van der Waals surface area contributed by atoms with Gasteiger partial charge < -0.3 is 20.9 Å². The second-order valence-corrected chi connectivity index (χ2v) is 8.30. The number of pyridine rings is 1. The van der Waals surface area contributed by atoms with Crippen molar-refractivity contribution >= 4 is 11.9 Å². The fourth-order valence-corrected chi connectivity index (χ4v) is 4.31. The topological polar surface area (TPSA) is 86.4 Å². The molecule has 0 radical (unpaired) electrons. The van der Waals surface area contributed by atoms with Crippen molar-refractivity contribution < 1.29 is 18.4 Å². The van der Waals surface area contributed by atoms with Gasteiger partial charge in [0.15, 0.2) is 11.6 Å². The summed E-state index contributed by atoms with van der Waals surface area (Å²) in [5.74, 6) is -1.90. The summed E-state index contributed by atoms with van der Waals surface area (Å²) in [6.45, 7) is 3.33. The van der Waals surface area contributed by atoms with Gasteiger partial charge in [-0.15, -0.1) is 0 Å². The predicted molar refractivity (Wildman–Crippen MR) is 119 cm³/mol. The minimum absolute atomic E-state index is 0.233. The van der Waals surface area contributed by atoms with Gasteiger partial charge in [0.05, 0.1) is 11.6 Å². The monoisotopic (exact) mass is 455 g/mol. The summed E-state index contributed by atoms with van der Waals surface area (Å²) in [5, 5.41) is 7.90. The Bertz CT molecular complexity index is 1020. The number of nitrogens with zero attached hydrogens (tertiary/aromatic N) is 2. The Labute approximate surface area is 191 Å². The predicted octanol–water partition coefficient (Wildman–Crippen LogP) is 2.98. The summed E-state index contributed by atoms with van der Waals surface area (Å²) in [4.78, 5) is 31.3. The summed E-state index contributed by atoms with van der Waals surface area (Å²) in [7, 11) is 0. The average Bonchev–Trinajstić information content (AvgIpc) is 2.84. The Morgan fingerprint density at radius 1 is 1.15 bits per heavy atom. The molecule has 0 spiro atoms. The number of aromatic nitrogens is 1. The van der Waals surface area contributed by atoms with Crippen LogP contribution in [0.5, 0.6) is 0 Å². The van der Waals surface area contributed by atoms with E-state index < -0.39 is 23.7 Å². The van der Waals surface area contributed by atoms with Crippen molar-refractivity contribution in [1.82, 2.24) is 25.8 Å². The van der Waals surface area contributed by atoms with Gasteiger partial charge in [-0.25, -0.2) is 13.6 Å². The molecular weight excluding hydrogens is 428 g/mol. The Kier molecular flexibility index (Phi) is 7.29. The lowest BCUT2D eigenvalue weighted by molar-refractivity contribution is -0.117. The van der Waals surface area contributed by atoms with Crippen molar-refractivity contribution in [1.29, 1.82) is 0 Å². The highest BCUT2D eigenvalue weighted by atomic mass is 19.2. The third-order valence-electron chi connectivity index (χ3n) is 6.11. The second kappa shape index (κ2) is 10.5. The van der Waals surface area contributed by atoms with Crippen LogP contribution in [0.1, 0.15) is 42.5 Å². The van der Waals surface area contributed by atoms with Gasteiger partial charge in [0.2, 0.25) is 0 Å². The van der Waals surface area contributed by atoms with Gasteiger partial charge in [-0.1, -0.05) is 12.1 Å². The lowest BCUT2D eigenvalue weighted by atomic mass is 9.93. The molecule has 2 aromatic rings. The summed E-state index contributed by atoms with van der Waals surface area (Å²) >= 11 is 0. The van der Waals surface area contributed by atoms with Gasteiger partial charge in [0, 0.05) is 30.6 Å². The number of amides is 3. The number of carbonyl (C=O) groups excluding carboxylic acids is 2. The van der Waals surface area contributed by atoms with Crippen molar-refractivity contribution in [3.05, 3.63) is 77.3 Å². The number of likely N-dealkylation sites (tertiary alicyclic amines) is 1. The molecule has 3 amide bonds. The van der Waals surface area contributed by atoms with Gasteiger partial charge in [-0.05, 0) is 68.7 Å². The van der Waals surface area contributed by atoms with Gasteiger partial charge in [-0.3, -0.25) is 9.78 Å². The maximum absolute atomic E-state index is 13.7. The molecule has 1 fully saturated rings. The molecule has 1 saturated heterocycles. The lowest BCUT2D eigenvalue weighted by Crippen LogP contribution is -2.45. The fourth-order valence-electron chi connectivity index (χ4n) is 4.31. The molecule has 4 rings (SSSR count). The Balaban J connectivity index is 1.25. The van der Waals surface area contributed by atoms with Gasteiger partial charge in [-0.2, -0.15) is 0 Å². The Hall–Kier alpha value is -3.33. The Morgan fingerprint density at radius 2 is 1.97 bits per heavy atom. The zero-order chi connectivity index (χ0) is 23.2. The van der Waals surface area contributed by atoms with E-state index in [0.29, 0.717) is 18.0 Å². The highest BCUT2D eigenvalue weighted by Crippen LogP contribution is 2.27. The minimum atomic E-state index is -1.04. The number of carbonyl (C=O) groups is 2. The summed E-state index contributed by atoms with van der Waals surface area (Å²) in [5.41, 5.74) is 1.68. The maximum atomic E-state index is 13.7. The van der Waals surface area contributed by atoms with E-state index >= 15 is 0 Å². The molecule has 174 valence electrons. The summed E-state index contributed by atoms with van der Waals surface area (Å²) in [6.07, 6.45) is 6.06. The van der Waals surface area contributed by atoms with Gasteiger partial charge in [0.25, 0.3) is 5.91 Å². The standard InChI is InChI=1S/C24H27F2N5O2/c25-19-6-5-17(14-20(19)26)22-18(15-29-24(33)30-22)23(32)28-10-3-11-31-12-7-16(8-13-31)21-4-1-2-9-27-21/h1-2,4-6,9,14-16,22H,3,7-8,10-13H2,(H,28,32)(H2,29,30,33)/t22-/m1/s1. The van der Waals surface area contributed by atoms with Crippen molar-refractivity contribution in [3.8, 4) is 0 Å². The van der Waals surface area contributed by atoms with E-state index in [1.165, 1.54) is 12.3 Å². The summed E-state index contributed by atoms with van der Waals surface area (Å²) < 4.78 is 27.0. The van der Waals surface area contributed by atoms with E-state index in [1.54, 1.807) is 0 Å². The average molecular weight is 456 g/mol. The molecule has 33 heavy (non-hydrogen) atoms. The van der Waals surface area contributed by atoms with Crippen LogP contribution in [0, 0.1) is 11.6 Å². The van der Waals surface area contributed by atoms with Crippen molar-refractivity contribution in [2.45, 2.75) is 31.2 Å². The normalized spacial score (nSPS) is 19.4. The fraction of sp³-hybridized carbons (Fsp3) is 0.375. The highest BCUT2D eigenvalue weighted by Gasteiger charge is 2.28. The van der Waals surface area contributed by atoms with Crippen LogP contribution in [0.2, 0.25) is 0 Å². The Morgan fingerprint density at radius 3 is 2.70 bits per heavy atom. The molecule has 1 aromatic carbocycles. The number of nitrogens with one attached hydrogen (secondary N) is 3. The van der Waals surface area contributed by atoms with E-state index in [4.69, 9.17) is 0 Å². The molecule has 0 saturated carbocycles. The van der Waals surface area contributed by atoms with E-state index in [2.05, 4.69) is 31.9 Å². The molecule has 2 aliphatic heterocycles. The zero-order valence-corrected chi connectivity index (χ0v) is 18.2. The van der Waals surface area contributed by atoms with Crippen LogP contribution in [0.15, 0.2) is 54.4 Å². The molecule has 2 aliphatic rings.